The van der Waals surface area contributed by atoms with Gasteiger partial charge in [0, 0.05) is 30.8 Å². The highest BCUT2D eigenvalue weighted by atomic mass is 16.5. The molecule has 2 aliphatic rings. The van der Waals surface area contributed by atoms with Crippen molar-refractivity contribution >= 4 is 5.91 Å². The second kappa shape index (κ2) is 6.28. The number of hydrogen-bond donors (Lipinski definition) is 0. The lowest BCUT2D eigenvalue weighted by molar-refractivity contribution is 0.0298. The van der Waals surface area contributed by atoms with E-state index in [-0.39, 0.29) is 5.91 Å². The predicted octanol–water partition coefficient (Wildman–Crippen LogP) is 2.23. The van der Waals surface area contributed by atoms with Gasteiger partial charge in [0.05, 0.1) is 26.0 Å². The summed E-state index contributed by atoms with van der Waals surface area (Å²) >= 11 is 0. The fraction of sp³-hybridized carbons (Fsp3) is 0.444. The van der Waals surface area contributed by atoms with Crippen molar-refractivity contribution in [2.45, 2.75) is 18.8 Å². The Kier molecular flexibility index (Phi) is 3.98. The molecule has 0 bridgehead atoms. The first-order valence-electron chi connectivity index (χ1n) is 8.37. The van der Waals surface area contributed by atoms with E-state index >= 15 is 0 Å². The highest BCUT2D eigenvalue weighted by Crippen LogP contribution is 2.41. The molecule has 2 aromatic rings. The Hall–Kier alpha value is -2.34. The van der Waals surface area contributed by atoms with Crippen molar-refractivity contribution in [1.82, 2.24) is 14.7 Å². The zero-order valence-corrected chi connectivity index (χ0v) is 13.8. The number of nitrogens with zero attached hydrogens (tertiary/aromatic N) is 3. The number of ether oxygens (including phenoxy) is 2. The lowest BCUT2D eigenvalue weighted by Gasteiger charge is -2.25. The molecule has 2 fully saturated rings. The zero-order valence-electron chi connectivity index (χ0n) is 13.8. The fourth-order valence-electron chi connectivity index (χ4n) is 3.05. The molecule has 1 amide bonds. The van der Waals surface area contributed by atoms with Gasteiger partial charge in [0.15, 0.2) is 5.69 Å². The highest BCUT2D eigenvalue weighted by Gasteiger charge is 2.31. The van der Waals surface area contributed by atoms with Gasteiger partial charge < -0.3 is 14.4 Å². The fourth-order valence-corrected chi connectivity index (χ4v) is 3.05. The van der Waals surface area contributed by atoms with Gasteiger partial charge in [-0.3, -0.25) is 4.79 Å². The van der Waals surface area contributed by atoms with Crippen LogP contribution in [0.5, 0.6) is 5.75 Å². The Morgan fingerprint density at radius 1 is 1.25 bits per heavy atom. The maximum atomic E-state index is 12.7. The summed E-state index contributed by atoms with van der Waals surface area (Å²) < 4.78 is 12.5. The van der Waals surface area contributed by atoms with Gasteiger partial charge >= 0.3 is 0 Å². The molecule has 6 nitrogen and oxygen atoms in total. The topological polar surface area (TPSA) is 56.6 Å². The van der Waals surface area contributed by atoms with Crippen molar-refractivity contribution in [2.75, 3.05) is 33.4 Å². The number of morpholine rings is 1. The number of hydrogen-bond acceptors (Lipinski definition) is 4. The molecule has 126 valence electrons. The second-order valence-electron chi connectivity index (χ2n) is 6.25. The Labute approximate surface area is 141 Å². The van der Waals surface area contributed by atoms with Crippen molar-refractivity contribution in [3.63, 3.8) is 0 Å². The molecule has 0 atom stereocenters. The smallest absolute Gasteiger partial charge is 0.274 e. The van der Waals surface area contributed by atoms with E-state index in [2.05, 4.69) is 5.10 Å². The van der Waals surface area contributed by atoms with Crippen LogP contribution in [0.15, 0.2) is 30.3 Å². The van der Waals surface area contributed by atoms with Crippen LogP contribution in [0.25, 0.3) is 5.69 Å². The molecule has 1 aliphatic heterocycles. The van der Waals surface area contributed by atoms with Crippen LogP contribution in [-0.4, -0.2) is 54.0 Å². The second-order valence-corrected chi connectivity index (χ2v) is 6.25. The Bertz CT molecular complexity index is 746. The van der Waals surface area contributed by atoms with Crippen molar-refractivity contribution in [3.8, 4) is 11.4 Å². The Morgan fingerprint density at radius 3 is 2.75 bits per heavy atom. The standard InChI is InChI=1S/C18H21N3O3/c1-23-15-4-2-3-14(11-15)21-17(13-5-6-13)12-16(19-21)18(22)20-7-9-24-10-8-20/h2-4,11-13H,5-10H2,1H3. The molecule has 24 heavy (non-hydrogen) atoms. The number of benzene rings is 1. The van der Waals surface area contributed by atoms with Crippen LogP contribution in [-0.2, 0) is 4.74 Å². The molecule has 1 saturated heterocycles. The van der Waals surface area contributed by atoms with Gasteiger partial charge in [-0.25, -0.2) is 4.68 Å². The number of methoxy groups -OCH3 is 1. The van der Waals surface area contributed by atoms with E-state index in [1.165, 1.54) is 0 Å². The summed E-state index contributed by atoms with van der Waals surface area (Å²) in [5.41, 5.74) is 2.55. The summed E-state index contributed by atoms with van der Waals surface area (Å²) in [7, 11) is 1.65. The third-order valence-electron chi connectivity index (χ3n) is 4.55. The molecule has 6 heteroatoms. The quantitative estimate of drug-likeness (QED) is 0.864. The van der Waals surface area contributed by atoms with Crippen LogP contribution >= 0.6 is 0 Å². The maximum Gasteiger partial charge on any atom is 0.274 e. The number of aromatic nitrogens is 2. The molecule has 1 saturated carbocycles. The summed E-state index contributed by atoms with van der Waals surface area (Å²) in [6, 6.07) is 9.74. The third kappa shape index (κ3) is 2.89. The van der Waals surface area contributed by atoms with E-state index in [4.69, 9.17) is 9.47 Å². The molecule has 4 rings (SSSR count). The molecule has 1 aromatic heterocycles. The summed E-state index contributed by atoms with van der Waals surface area (Å²) in [6.07, 6.45) is 2.31. The SMILES string of the molecule is COc1cccc(-n2nc(C(=O)N3CCOCC3)cc2C2CC2)c1. The summed E-state index contributed by atoms with van der Waals surface area (Å²) in [6.45, 7) is 2.45. The molecule has 2 heterocycles. The normalized spacial score (nSPS) is 17.8. The van der Waals surface area contributed by atoms with Gasteiger partial charge in [0.25, 0.3) is 5.91 Å². The molecular weight excluding hydrogens is 306 g/mol. The van der Waals surface area contributed by atoms with Crippen LogP contribution in [0.3, 0.4) is 0 Å². The van der Waals surface area contributed by atoms with Crippen LogP contribution in [0.1, 0.15) is 34.9 Å². The number of amides is 1. The minimum absolute atomic E-state index is 0.0122. The van der Waals surface area contributed by atoms with E-state index in [0.29, 0.717) is 37.9 Å². The van der Waals surface area contributed by atoms with Crippen LogP contribution in [0.2, 0.25) is 0 Å². The number of rotatable bonds is 4. The van der Waals surface area contributed by atoms with E-state index in [1.54, 1.807) is 7.11 Å². The van der Waals surface area contributed by atoms with Crippen molar-refractivity contribution < 1.29 is 14.3 Å². The van der Waals surface area contributed by atoms with Crippen molar-refractivity contribution in [1.29, 1.82) is 0 Å². The molecule has 1 aliphatic carbocycles. The van der Waals surface area contributed by atoms with Gasteiger partial charge in [-0.05, 0) is 31.0 Å². The number of carbonyl (C=O) groups is 1. The van der Waals surface area contributed by atoms with Crippen LogP contribution in [0, 0.1) is 0 Å². The average Bonchev–Trinajstić information content (AvgIpc) is 3.40. The van der Waals surface area contributed by atoms with Crippen LogP contribution in [0.4, 0.5) is 0 Å². The van der Waals surface area contributed by atoms with E-state index in [1.807, 2.05) is 39.9 Å². The Morgan fingerprint density at radius 2 is 2.04 bits per heavy atom. The van der Waals surface area contributed by atoms with Gasteiger partial charge in [0.2, 0.25) is 0 Å². The summed E-state index contributed by atoms with van der Waals surface area (Å²) in [5.74, 6) is 1.27. The van der Waals surface area contributed by atoms with Gasteiger partial charge in [0.1, 0.15) is 5.75 Å². The molecule has 1 aromatic carbocycles. The third-order valence-corrected chi connectivity index (χ3v) is 4.55. The molecule has 0 radical (unpaired) electrons. The monoisotopic (exact) mass is 327 g/mol. The molecule has 0 unspecified atom stereocenters. The zero-order chi connectivity index (χ0) is 16.5. The highest BCUT2D eigenvalue weighted by molar-refractivity contribution is 5.92. The van der Waals surface area contributed by atoms with E-state index < -0.39 is 0 Å². The first-order valence-corrected chi connectivity index (χ1v) is 8.37. The molecular formula is C18H21N3O3. The van der Waals surface area contributed by atoms with Gasteiger partial charge in [-0.1, -0.05) is 6.07 Å². The molecule has 0 spiro atoms. The summed E-state index contributed by atoms with van der Waals surface area (Å²) in [4.78, 5) is 14.6. The predicted molar refractivity (Wildman–Crippen MR) is 88.8 cm³/mol. The van der Waals surface area contributed by atoms with Gasteiger partial charge in [-0.2, -0.15) is 5.10 Å². The van der Waals surface area contributed by atoms with Gasteiger partial charge in [-0.15, -0.1) is 0 Å². The first kappa shape index (κ1) is 15.2. The Balaban J connectivity index is 1.68. The minimum Gasteiger partial charge on any atom is -0.497 e. The first-order chi connectivity index (χ1) is 11.8. The lowest BCUT2D eigenvalue weighted by Crippen LogP contribution is -2.40. The lowest BCUT2D eigenvalue weighted by atomic mass is 10.2. The maximum absolute atomic E-state index is 12.7. The van der Waals surface area contributed by atoms with Crippen LogP contribution < -0.4 is 4.74 Å². The van der Waals surface area contributed by atoms with E-state index in [0.717, 1.165) is 30.0 Å². The minimum atomic E-state index is -0.0122. The molecule has 0 N–H and O–H groups in total. The summed E-state index contributed by atoms with van der Waals surface area (Å²) in [5, 5.41) is 4.62. The van der Waals surface area contributed by atoms with Crippen molar-refractivity contribution in [3.05, 3.63) is 41.7 Å². The van der Waals surface area contributed by atoms with E-state index in [9.17, 15) is 4.79 Å². The largest absolute Gasteiger partial charge is 0.497 e. The average molecular weight is 327 g/mol. The van der Waals surface area contributed by atoms with Crippen molar-refractivity contribution in [2.24, 2.45) is 0 Å². The number of carbonyl (C=O) groups excluding carboxylic acids is 1.